The van der Waals surface area contributed by atoms with E-state index in [0.717, 1.165) is 36.1 Å². The molecule has 1 aromatic rings. The third-order valence-electron chi connectivity index (χ3n) is 4.55. The molecule has 2 atom stereocenters. The smallest absolute Gasteiger partial charge is 0.307 e. The van der Waals surface area contributed by atoms with Crippen molar-refractivity contribution in [2.75, 3.05) is 6.54 Å². The lowest BCUT2D eigenvalue weighted by Crippen LogP contribution is -2.21. The molecule has 116 valence electrons. The molecule has 0 heterocycles. The molecule has 3 heteroatoms. The lowest BCUT2D eigenvalue weighted by molar-refractivity contribution is -0.136. The summed E-state index contributed by atoms with van der Waals surface area (Å²) in [5.41, 5.74) is 2.03. The van der Waals surface area contributed by atoms with E-state index in [2.05, 4.69) is 12.2 Å². The highest BCUT2D eigenvalue weighted by molar-refractivity contribution is 5.70. The van der Waals surface area contributed by atoms with Crippen molar-refractivity contribution in [3.63, 3.8) is 0 Å². The van der Waals surface area contributed by atoms with Gasteiger partial charge in [-0.3, -0.25) is 4.79 Å². The second-order valence-corrected chi connectivity index (χ2v) is 6.44. The summed E-state index contributed by atoms with van der Waals surface area (Å²) in [6.07, 6.45) is 6.88. The standard InChI is InChI=1S/C18H27NO2/c1-14-5-4-6-15(11-14)9-10-19-13-17-8-3-2-7-16(17)12-18(20)21/h2-3,7-8,14-15,19H,4-6,9-13H2,1H3,(H,20,21). The Labute approximate surface area is 127 Å². The molecule has 0 spiro atoms. The molecule has 0 amide bonds. The van der Waals surface area contributed by atoms with E-state index in [1.165, 1.54) is 32.1 Å². The third-order valence-corrected chi connectivity index (χ3v) is 4.55. The summed E-state index contributed by atoms with van der Waals surface area (Å²) < 4.78 is 0. The van der Waals surface area contributed by atoms with Crippen molar-refractivity contribution in [2.24, 2.45) is 11.8 Å². The van der Waals surface area contributed by atoms with Crippen LogP contribution in [0.3, 0.4) is 0 Å². The largest absolute Gasteiger partial charge is 0.481 e. The SMILES string of the molecule is CC1CCCC(CCNCc2ccccc2CC(=O)O)C1. The highest BCUT2D eigenvalue weighted by atomic mass is 16.4. The van der Waals surface area contributed by atoms with Gasteiger partial charge in [0.15, 0.2) is 0 Å². The first kappa shape index (κ1) is 16.0. The van der Waals surface area contributed by atoms with Gasteiger partial charge in [0.05, 0.1) is 6.42 Å². The number of hydrogen-bond acceptors (Lipinski definition) is 2. The molecule has 0 saturated heterocycles. The Morgan fingerprint density at radius 2 is 2.05 bits per heavy atom. The number of nitrogens with one attached hydrogen (secondary N) is 1. The minimum Gasteiger partial charge on any atom is -0.481 e. The van der Waals surface area contributed by atoms with Crippen LogP contribution in [0.2, 0.25) is 0 Å². The first-order valence-corrected chi connectivity index (χ1v) is 8.14. The van der Waals surface area contributed by atoms with Crippen molar-refractivity contribution in [2.45, 2.75) is 52.0 Å². The maximum Gasteiger partial charge on any atom is 0.307 e. The highest BCUT2D eigenvalue weighted by Crippen LogP contribution is 2.30. The fourth-order valence-corrected chi connectivity index (χ4v) is 3.42. The Balaban J connectivity index is 1.74. The zero-order valence-electron chi connectivity index (χ0n) is 13.0. The van der Waals surface area contributed by atoms with Crippen LogP contribution < -0.4 is 5.32 Å². The summed E-state index contributed by atoms with van der Waals surface area (Å²) in [4.78, 5) is 10.9. The molecule has 2 rings (SSSR count). The normalized spacial score (nSPS) is 22.1. The molecule has 0 radical (unpaired) electrons. The molecule has 1 aromatic carbocycles. The summed E-state index contributed by atoms with van der Waals surface area (Å²) >= 11 is 0. The highest BCUT2D eigenvalue weighted by Gasteiger charge is 2.18. The predicted octanol–water partition coefficient (Wildman–Crippen LogP) is 3.62. The van der Waals surface area contributed by atoms with Crippen molar-refractivity contribution in [1.82, 2.24) is 5.32 Å². The van der Waals surface area contributed by atoms with Gasteiger partial charge in [0.25, 0.3) is 0 Å². The minimum atomic E-state index is -0.765. The Kier molecular flexibility index (Phi) is 6.24. The molecular formula is C18H27NO2. The van der Waals surface area contributed by atoms with Crippen LogP contribution in [0.25, 0.3) is 0 Å². The predicted molar refractivity (Wildman–Crippen MR) is 85.2 cm³/mol. The zero-order valence-corrected chi connectivity index (χ0v) is 13.0. The van der Waals surface area contributed by atoms with Crippen molar-refractivity contribution >= 4 is 5.97 Å². The molecule has 0 bridgehead atoms. The van der Waals surface area contributed by atoms with Gasteiger partial charge in [-0.25, -0.2) is 0 Å². The fourth-order valence-electron chi connectivity index (χ4n) is 3.42. The van der Waals surface area contributed by atoms with E-state index in [1.807, 2.05) is 24.3 Å². The van der Waals surface area contributed by atoms with Crippen LogP contribution in [-0.4, -0.2) is 17.6 Å². The maximum absolute atomic E-state index is 10.9. The number of carboxylic acids is 1. The number of rotatable bonds is 7. The molecular weight excluding hydrogens is 262 g/mol. The van der Waals surface area contributed by atoms with Gasteiger partial charge < -0.3 is 10.4 Å². The molecule has 1 aliphatic rings. The minimum absolute atomic E-state index is 0.109. The van der Waals surface area contributed by atoms with Gasteiger partial charge in [-0.2, -0.15) is 0 Å². The van der Waals surface area contributed by atoms with Gasteiger partial charge in [0.1, 0.15) is 0 Å². The number of carbonyl (C=O) groups is 1. The monoisotopic (exact) mass is 289 g/mol. The zero-order chi connectivity index (χ0) is 15.1. The molecule has 21 heavy (non-hydrogen) atoms. The summed E-state index contributed by atoms with van der Waals surface area (Å²) in [6.45, 7) is 4.16. The quantitative estimate of drug-likeness (QED) is 0.754. The Hall–Kier alpha value is -1.35. The number of aliphatic carboxylic acids is 1. The van der Waals surface area contributed by atoms with Gasteiger partial charge >= 0.3 is 5.97 Å². The topological polar surface area (TPSA) is 49.3 Å². The maximum atomic E-state index is 10.9. The lowest BCUT2D eigenvalue weighted by Gasteiger charge is -2.26. The number of carboxylic acid groups (broad SMARTS) is 1. The fraction of sp³-hybridized carbons (Fsp3) is 0.611. The summed E-state index contributed by atoms with van der Waals surface area (Å²) in [5, 5.41) is 12.4. The third kappa shape index (κ3) is 5.50. The van der Waals surface area contributed by atoms with E-state index >= 15 is 0 Å². The van der Waals surface area contributed by atoms with E-state index in [9.17, 15) is 4.79 Å². The molecule has 1 aliphatic carbocycles. The molecule has 0 aromatic heterocycles. The average Bonchev–Trinajstić information content (AvgIpc) is 2.45. The lowest BCUT2D eigenvalue weighted by atomic mass is 9.81. The van der Waals surface area contributed by atoms with Crippen LogP contribution in [0.5, 0.6) is 0 Å². The van der Waals surface area contributed by atoms with Crippen LogP contribution in [0.15, 0.2) is 24.3 Å². The van der Waals surface area contributed by atoms with Crippen molar-refractivity contribution in [3.8, 4) is 0 Å². The molecule has 2 unspecified atom stereocenters. The van der Waals surface area contributed by atoms with Crippen molar-refractivity contribution in [3.05, 3.63) is 35.4 Å². The second kappa shape index (κ2) is 8.18. The van der Waals surface area contributed by atoms with Crippen molar-refractivity contribution in [1.29, 1.82) is 0 Å². The average molecular weight is 289 g/mol. The van der Waals surface area contributed by atoms with Crippen LogP contribution in [0, 0.1) is 11.8 Å². The van der Waals surface area contributed by atoms with Crippen molar-refractivity contribution < 1.29 is 9.90 Å². The summed E-state index contributed by atoms with van der Waals surface area (Å²) in [6, 6.07) is 7.82. The van der Waals surface area contributed by atoms with Gasteiger partial charge in [-0.1, -0.05) is 50.5 Å². The Morgan fingerprint density at radius 3 is 2.76 bits per heavy atom. The first-order valence-electron chi connectivity index (χ1n) is 8.14. The summed E-state index contributed by atoms with van der Waals surface area (Å²) in [5.74, 6) is 0.995. The number of hydrogen-bond donors (Lipinski definition) is 2. The van der Waals surface area contributed by atoms with E-state index in [1.54, 1.807) is 0 Å². The van der Waals surface area contributed by atoms with E-state index in [-0.39, 0.29) is 6.42 Å². The second-order valence-electron chi connectivity index (χ2n) is 6.44. The Bertz CT molecular complexity index is 458. The molecule has 3 nitrogen and oxygen atoms in total. The molecule has 1 saturated carbocycles. The van der Waals surface area contributed by atoms with Gasteiger partial charge in [-0.15, -0.1) is 0 Å². The molecule has 1 fully saturated rings. The van der Waals surface area contributed by atoms with Gasteiger partial charge in [0, 0.05) is 6.54 Å². The number of benzene rings is 1. The van der Waals surface area contributed by atoms with Gasteiger partial charge in [0.2, 0.25) is 0 Å². The molecule has 2 N–H and O–H groups in total. The first-order chi connectivity index (χ1) is 10.1. The van der Waals surface area contributed by atoms with E-state index in [0.29, 0.717) is 0 Å². The van der Waals surface area contributed by atoms with Crippen LogP contribution in [0.1, 0.15) is 50.2 Å². The summed E-state index contributed by atoms with van der Waals surface area (Å²) in [7, 11) is 0. The van der Waals surface area contributed by atoms with E-state index < -0.39 is 5.97 Å². The molecule has 0 aliphatic heterocycles. The van der Waals surface area contributed by atoms with Crippen LogP contribution in [-0.2, 0) is 17.8 Å². The van der Waals surface area contributed by atoms with E-state index in [4.69, 9.17) is 5.11 Å². The van der Waals surface area contributed by atoms with Crippen LogP contribution >= 0.6 is 0 Å². The van der Waals surface area contributed by atoms with Gasteiger partial charge in [-0.05, 0) is 42.3 Å². The van der Waals surface area contributed by atoms with Crippen LogP contribution in [0.4, 0.5) is 0 Å². The Morgan fingerprint density at radius 1 is 1.29 bits per heavy atom.